The Balaban J connectivity index is 1.06. The maximum atomic E-state index is 13.8. The Labute approximate surface area is 315 Å². The minimum absolute atomic E-state index is 0.00649. The predicted octanol–water partition coefficient (Wildman–Crippen LogP) is 4.58. The summed E-state index contributed by atoms with van der Waals surface area (Å²) in [6.07, 6.45) is 1.08. The summed E-state index contributed by atoms with van der Waals surface area (Å²) < 4.78 is 2.02. The Kier molecular flexibility index (Phi) is 11.4. The molecule has 2 aliphatic heterocycles. The highest BCUT2D eigenvalue weighted by Crippen LogP contribution is 2.40. The van der Waals surface area contributed by atoms with Gasteiger partial charge in [0.05, 0.1) is 24.2 Å². The summed E-state index contributed by atoms with van der Waals surface area (Å²) >= 11 is 7.88. The van der Waals surface area contributed by atoms with Crippen LogP contribution in [-0.2, 0) is 14.4 Å². The van der Waals surface area contributed by atoms with Crippen molar-refractivity contribution in [1.29, 1.82) is 0 Å². The molecule has 3 amide bonds. The molecule has 53 heavy (non-hydrogen) atoms. The first kappa shape index (κ1) is 37.4. The van der Waals surface area contributed by atoms with Crippen LogP contribution in [0.2, 0.25) is 5.02 Å². The highest BCUT2D eigenvalue weighted by molar-refractivity contribution is 7.15. The number of carboxylic acids is 1. The van der Waals surface area contributed by atoms with E-state index in [9.17, 15) is 24.3 Å². The Morgan fingerprint density at radius 1 is 1.06 bits per heavy atom. The zero-order chi connectivity index (χ0) is 37.8. The molecule has 0 aliphatic carbocycles. The molecule has 4 heterocycles. The van der Waals surface area contributed by atoms with Crippen LogP contribution in [0.15, 0.2) is 47.5 Å². The van der Waals surface area contributed by atoms with Gasteiger partial charge in [-0.2, -0.15) is 0 Å². The lowest BCUT2D eigenvalue weighted by Gasteiger charge is -2.32. The number of benzene rings is 2. The van der Waals surface area contributed by atoms with Gasteiger partial charge in [-0.05, 0) is 69.5 Å². The number of amides is 3. The van der Waals surface area contributed by atoms with Gasteiger partial charge in [-0.15, -0.1) is 21.5 Å². The normalized spacial score (nSPS) is 15.3. The second kappa shape index (κ2) is 16.1. The van der Waals surface area contributed by atoms with E-state index in [-0.39, 0.29) is 60.7 Å². The molecule has 15 heteroatoms. The molecule has 6 rings (SSSR count). The van der Waals surface area contributed by atoms with Gasteiger partial charge in [-0.3, -0.25) is 23.9 Å². The lowest BCUT2D eigenvalue weighted by molar-refractivity contribution is -0.136. The highest BCUT2D eigenvalue weighted by Gasteiger charge is 2.34. The third-order valence-corrected chi connectivity index (χ3v) is 10.9. The van der Waals surface area contributed by atoms with E-state index in [1.54, 1.807) is 16.2 Å². The maximum Gasteiger partial charge on any atom is 0.336 e. The second-order valence-electron chi connectivity index (χ2n) is 12.9. The summed E-state index contributed by atoms with van der Waals surface area (Å²) in [5, 5.41) is 25.4. The van der Waals surface area contributed by atoms with Crippen LogP contribution in [-0.4, -0.2) is 80.4 Å². The van der Waals surface area contributed by atoms with Crippen LogP contribution < -0.4 is 16.4 Å². The predicted molar refractivity (Wildman–Crippen MR) is 203 cm³/mol. The maximum absolute atomic E-state index is 13.8. The SMILES string of the molecule is Cc1sc2c(c1C)C(c1ccc(Cl)cc1)=N[C@@H](CC(=O)N1CCC(C(=O)NCCC(=O)Nc3ccc(C(=O)O)c(C#CCN)c3)CC1)c1nnc(C)n1-2. The van der Waals surface area contributed by atoms with Crippen molar-refractivity contribution in [3.8, 4) is 16.8 Å². The van der Waals surface area contributed by atoms with Gasteiger partial charge in [0.25, 0.3) is 0 Å². The number of aliphatic imine (C=N–C) groups is 1. The first-order valence-electron chi connectivity index (χ1n) is 17.2. The molecule has 0 saturated carbocycles. The molecule has 0 unspecified atom stereocenters. The number of fused-ring (bicyclic) bond motifs is 3. The summed E-state index contributed by atoms with van der Waals surface area (Å²) in [5.41, 5.74) is 9.83. The topological polar surface area (TPSA) is 185 Å². The molecule has 0 radical (unpaired) electrons. The number of aromatic carboxylic acids is 1. The Bertz CT molecular complexity index is 2170. The lowest BCUT2D eigenvalue weighted by Crippen LogP contribution is -2.43. The fourth-order valence-corrected chi connectivity index (χ4v) is 7.88. The van der Waals surface area contributed by atoms with E-state index in [4.69, 9.17) is 22.3 Å². The minimum Gasteiger partial charge on any atom is -0.478 e. The number of rotatable bonds is 9. The lowest BCUT2D eigenvalue weighted by atomic mass is 9.95. The average Bonchev–Trinajstić information content (AvgIpc) is 3.62. The molecule has 4 aromatic rings. The first-order chi connectivity index (χ1) is 25.4. The summed E-state index contributed by atoms with van der Waals surface area (Å²) in [6.45, 7) is 7.07. The van der Waals surface area contributed by atoms with Crippen molar-refractivity contribution < 1.29 is 24.3 Å². The Hall–Kier alpha value is -5.36. The van der Waals surface area contributed by atoms with Gasteiger partial charge in [0.2, 0.25) is 17.7 Å². The van der Waals surface area contributed by atoms with Gasteiger partial charge in [-0.25, -0.2) is 4.79 Å². The molecule has 0 bridgehead atoms. The molecule has 2 aromatic heterocycles. The van der Waals surface area contributed by atoms with E-state index in [0.717, 1.165) is 32.3 Å². The van der Waals surface area contributed by atoms with Crippen molar-refractivity contribution in [2.75, 3.05) is 31.5 Å². The zero-order valence-corrected chi connectivity index (χ0v) is 31.1. The zero-order valence-electron chi connectivity index (χ0n) is 29.5. The van der Waals surface area contributed by atoms with Crippen molar-refractivity contribution in [3.05, 3.63) is 91.8 Å². The van der Waals surface area contributed by atoms with Gasteiger partial charge >= 0.3 is 5.97 Å². The number of thiophene rings is 1. The number of carboxylic acid groups (broad SMARTS) is 1. The van der Waals surface area contributed by atoms with Gasteiger partial charge in [-0.1, -0.05) is 35.6 Å². The van der Waals surface area contributed by atoms with E-state index in [1.807, 2.05) is 35.8 Å². The van der Waals surface area contributed by atoms with E-state index in [1.165, 1.54) is 18.2 Å². The molecule has 274 valence electrons. The van der Waals surface area contributed by atoms with E-state index < -0.39 is 12.0 Å². The number of piperidine rings is 1. The van der Waals surface area contributed by atoms with Gasteiger partial charge in [0.15, 0.2) is 5.82 Å². The van der Waals surface area contributed by atoms with Crippen LogP contribution >= 0.6 is 22.9 Å². The number of nitrogens with two attached hydrogens (primary N) is 1. The highest BCUT2D eigenvalue weighted by atomic mass is 35.5. The number of likely N-dealkylation sites (tertiary alicyclic amines) is 1. The number of hydrogen-bond acceptors (Lipinski definition) is 9. The number of hydrogen-bond donors (Lipinski definition) is 4. The van der Waals surface area contributed by atoms with Crippen LogP contribution in [0.4, 0.5) is 5.69 Å². The summed E-state index contributed by atoms with van der Waals surface area (Å²) in [6, 6.07) is 11.3. The van der Waals surface area contributed by atoms with Gasteiger partial charge < -0.3 is 26.4 Å². The average molecular weight is 755 g/mol. The van der Waals surface area contributed by atoms with E-state index >= 15 is 0 Å². The second-order valence-corrected chi connectivity index (χ2v) is 14.6. The quantitative estimate of drug-likeness (QED) is 0.179. The fraction of sp³-hybridized carbons (Fsp3) is 0.342. The monoisotopic (exact) mass is 754 g/mol. The molecule has 13 nitrogen and oxygen atoms in total. The molecule has 2 aliphatic rings. The largest absolute Gasteiger partial charge is 0.478 e. The molecular weight excluding hydrogens is 716 g/mol. The number of nitrogens with one attached hydrogen (secondary N) is 2. The third kappa shape index (κ3) is 8.17. The molecule has 1 atom stereocenters. The van der Waals surface area contributed by atoms with E-state index in [0.29, 0.717) is 48.3 Å². The third-order valence-electron chi connectivity index (χ3n) is 9.45. The van der Waals surface area contributed by atoms with Crippen LogP contribution in [0.3, 0.4) is 0 Å². The number of aryl methyl sites for hydroxylation is 2. The van der Waals surface area contributed by atoms with Crippen LogP contribution in [0.25, 0.3) is 5.00 Å². The van der Waals surface area contributed by atoms with Crippen molar-refractivity contribution in [3.63, 3.8) is 0 Å². The number of nitrogens with zero attached hydrogens (tertiary/aromatic N) is 5. The van der Waals surface area contributed by atoms with Crippen molar-refractivity contribution >= 4 is 58.0 Å². The number of anilines is 1. The van der Waals surface area contributed by atoms with Gasteiger partial charge in [0, 0.05) is 64.3 Å². The van der Waals surface area contributed by atoms with Crippen molar-refractivity contribution in [2.45, 2.75) is 52.5 Å². The Morgan fingerprint density at radius 3 is 2.49 bits per heavy atom. The van der Waals surface area contributed by atoms with Crippen LogP contribution in [0.5, 0.6) is 0 Å². The van der Waals surface area contributed by atoms with E-state index in [2.05, 4.69) is 46.5 Å². The molecule has 5 N–H and O–H groups in total. The summed E-state index contributed by atoms with van der Waals surface area (Å²) in [4.78, 5) is 59.0. The summed E-state index contributed by atoms with van der Waals surface area (Å²) in [7, 11) is 0. The fourth-order valence-electron chi connectivity index (χ4n) is 6.54. The first-order valence-corrected chi connectivity index (χ1v) is 18.4. The standard InChI is InChI=1S/C38H39ClN8O5S/c1-21-22(2)53-37-33(21)34(24-6-8-27(39)9-7-24)43-30(35-45-44-23(3)47(35)37)20-32(49)46-17-13-25(14-18-46)36(50)41-16-12-31(48)42-28-10-11-29(38(51)52)26(19-28)5-4-15-40/h6-11,19,25,30H,12-18,20,40H2,1-3H3,(H,41,50)(H,42,48)(H,51,52)/t30-/m0/s1. The van der Waals surface area contributed by atoms with Gasteiger partial charge in [0.1, 0.15) is 16.9 Å². The number of halogens is 1. The van der Waals surface area contributed by atoms with Crippen LogP contribution in [0.1, 0.15) is 80.9 Å². The number of carbonyl (C=O) groups is 4. The number of carbonyl (C=O) groups excluding carboxylic acids is 3. The molecule has 2 aromatic carbocycles. The smallest absolute Gasteiger partial charge is 0.336 e. The Morgan fingerprint density at radius 2 is 1.79 bits per heavy atom. The molecule has 1 saturated heterocycles. The molecular formula is C38H39ClN8O5S. The van der Waals surface area contributed by atoms with Crippen molar-refractivity contribution in [1.82, 2.24) is 25.0 Å². The molecule has 0 spiro atoms. The van der Waals surface area contributed by atoms with Crippen molar-refractivity contribution in [2.24, 2.45) is 16.6 Å². The minimum atomic E-state index is -1.14. The molecule has 1 fully saturated rings. The number of aromatic nitrogens is 3. The van der Waals surface area contributed by atoms with Crippen LogP contribution in [0, 0.1) is 38.5 Å². The summed E-state index contributed by atoms with van der Waals surface area (Å²) in [5.74, 6) is 4.63.